The lowest BCUT2D eigenvalue weighted by Gasteiger charge is -2.38. The van der Waals surface area contributed by atoms with E-state index < -0.39 is 11.7 Å². The highest BCUT2D eigenvalue weighted by molar-refractivity contribution is 5.76. The molecular weight excluding hydrogens is 321 g/mol. The minimum Gasteiger partial charge on any atom is -0.369 e. The molecule has 0 saturated carbocycles. The average Bonchev–Trinajstić information content (AvgIpc) is 2.99. The zero-order chi connectivity index (χ0) is 17.3. The second kappa shape index (κ2) is 6.23. The molecule has 128 valence electrons. The van der Waals surface area contributed by atoms with Crippen LogP contribution in [0.25, 0.3) is 0 Å². The minimum atomic E-state index is -4.56. The standard InChI is InChI=1S/C16H17F3N4O/c17-16(18,19)14-8-12(4-3-11(14)9-20)22-6-1-2-13(10-22)23-7-5-21-15(23)24/h3-4,8,13H,1-2,5-7,10H2,(H,21,24)/t13-/m1/s1. The maximum atomic E-state index is 13.1. The summed E-state index contributed by atoms with van der Waals surface area (Å²) in [5, 5.41) is 11.6. The Morgan fingerprint density at radius 1 is 1.29 bits per heavy atom. The van der Waals surface area contributed by atoms with Gasteiger partial charge in [0.05, 0.1) is 23.2 Å². The average molecular weight is 338 g/mol. The number of rotatable bonds is 2. The molecule has 0 unspecified atom stereocenters. The third-order valence-electron chi connectivity index (χ3n) is 4.52. The van der Waals surface area contributed by atoms with Gasteiger partial charge < -0.3 is 15.1 Å². The van der Waals surface area contributed by atoms with Crippen molar-refractivity contribution in [2.24, 2.45) is 0 Å². The molecule has 2 heterocycles. The van der Waals surface area contributed by atoms with Crippen LogP contribution in [0.2, 0.25) is 0 Å². The summed E-state index contributed by atoms with van der Waals surface area (Å²) in [6.07, 6.45) is -2.92. The van der Waals surface area contributed by atoms with Crippen molar-refractivity contribution in [2.45, 2.75) is 25.1 Å². The summed E-state index contributed by atoms with van der Waals surface area (Å²) in [5.74, 6) is 0. The molecular formula is C16H17F3N4O. The molecule has 2 saturated heterocycles. The van der Waals surface area contributed by atoms with Crippen LogP contribution in [0.15, 0.2) is 18.2 Å². The predicted octanol–water partition coefficient (Wildman–Crippen LogP) is 2.57. The third-order valence-corrected chi connectivity index (χ3v) is 4.52. The van der Waals surface area contributed by atoms with Gasteiger partial charge >= 0.3 is 12.2 Å². The van der Waals surface area contributed by atoms with E-state index in [2.05, 4.69) is 5.32 Å². The van der Waals surface area contributed by atoms with Gasteiger partial charge in [0, 0.05) is 31.9 Å². The maximum Gasteiger partial charge on any atom is 0.417 e. The summed E-state index contributed by atoms with van der Waals surface area (Å²) in [7, 11) is 0. The molecule has 2 aliphatic heterocycles. The molecule has 24 heavy (non-hydrogen) atoms. The van der Waals surface area contributed by atoms with Gasteiger partial charge in [-0.25, -0.2) is 4.79 Å². The van der Waals surface area contributed by atoms with E-state index in [9.17, 15) is 18.0 Å². The van der Waals surface area contributed by atoms with Crippen molar-refractivity contribution >= 4 is 11.7 Å². The number of nitriles is 1. The molecule has 8 heteroatoms. The quantitative estimate of drug-likeness (QED) is 0.902. The topological polar surface area (TPSA) is 59.4 Å². The van der Waals surface area contributed by atoms with E-state index in [1.54, 1.807) is 17.0 Å². The van der Waals surface area contributed by atoms with Gasteiger partial charge in [-0.05, 0) is 31.0 Å². The highest BCUT2D eigenvalue weighted by Crippen LogP contribution is 2.35. The van der Waals surface area contributed by atoms with E-state index in [1.807, 2.05) is 4.90 Å². The first-order valence-corrected chi connectivity index (χ1v) is 7.81. The Morgan fingerprint density at radius 2 is 2.08 bits per heavy atom. The summed E-state index contributed by atoms with van der Waals surface area (Å²) in [5.41, 5.74) is -0.854. The molecule has 1 aromatic carbocycles. The van der Waals surface area contributed by atoms with Gasteiger partial charge in [0.1, 0.15) is 0 Å². The number of hydrogen-bond donors (Lipinski definition) is 1. The molecule has 0 aliphatic carbocycles. The van der Waals surface area contributed by atoms with Crippen molar-refractivity contribution in [3.63, 3.8) is 0 Å². The van der Waals surface area contributed by atoms with Crippen LogP contribution in [0.5, 0.6) is 0 Å². The SMILES string of the molecule is N#Cc1ccc(N2CCC[C@@H](N3CCNC3=O)C2)cc1C(F)(F)F. The first kappa shape index (κ1) is 16.4. The molecule has 3 rings (SSSR count). The first-order chi connectivity index (χ1) is 11.4. The largest absolute Gasteiger partial charge is 0.417 e. The van der Waals surface area contributed by atoms with Gasteiger partial charge in [0.2, 0.25) is 0 Å². The zero-order valence-corrected chi connectivity index (χ0v) is 12.9. The number of nitrogens with zero attached hydrogens (tertiary/aromatic N) is 3. The van der Waals surface area contributed by atoms with E-state index >= 15 is 0 Å². The molecule has 2 fully saturated rings. The Bertz CT molecular complexity index is 683. The number of piperidine rings is 1. The molecule has 1 N–H and O–H groups in total. The fraction of sp³-hybridized carbons (Fsp3) is 0.500. The summed E-state index contributed by atoms with van der Waals surface area (Å²) in [4.78, 5) is 15.4. The van der Waals surface area contributed by atoms with E-state index in [0.29, 0.717) is 31.9 Å². The van der Waals surface area contributed by atoms with Gasteiger partial charge in [-0.3, -0.25) is 0 Å². The predicted molar refractivity (Wildman–Crippen MR) is 81.5 cm³/mol. The molecule has 2 amide bonds. The highest BCUT2D eigenvalue weighted by atomic mass is 19.4. The van der Waals surface area contributed by atoms with Crippen LogP contribution in [0.4, 0.5) is 23.7 Å². The summed E-state index contributed by atoms with van der Waals surface area (Å²) < 4.78 is 39.4. The Morgan fingerprint density at radius 3 is 2.71 bits per heavy atom. The van der Waals surface area contributed by atoms with Crippen LogP contribution in [0.1, 0.15) is 24.0 Å². The molecule has 1 atom stereocenters. The number of anilines is 1. The van der Waals surface area contributed by atoms with Crippen LogP contribution in [0, 0.1) is 11.3 Å². The minimum absolute atomic E-state index is 0.00812. The number of nitrogens with one attached hydrogen (secondary N) is 1. The van der Waals surface area contributed by atoms with Gasteiger partial charge in [0.15, 0.2) is 0 Å². The lowest BCUT2D eigenvalue weighted by atomic mass is 10.0. The lowest BCUT2D eigenvalue weighted by Crippen LogP contribution is -2.49. The number of carbonyl (C=O) groups is 1. The molecule has 0 spiro atoms. The summed E-state index contributed by atoms with van der Waals surface area (Å²) in [6, 6.07) is 5.26. The van der Waals surface area contributed by atoms with Crippen LogP contribution >= 0.6 is 0 Å². The molecule has 0 bridgehead atoms. The Balaban J connectivity index is 1.83. The van der Waals surface area contributed by atoms with Crippen LogP contribution in [-0.2, 0) is 6.18 Å². The Kier molecular flexibility index (Phi) is 4.26. The van der Waals surface area contributed by atoms with Crippen LogP contribution in [0.3, 0.4) is 0 Å². The smallest absolute Gasteiger partial charge is 0.369 e. The summed E-state index contributed by atoms with van der Waals surface area (Å²) >= 11 is 0. The van der Waals surface area contributed by atoms with Gasteiger partial charge in [-0.15, -0.1) is 0 Å². The van der Waals surface area contributed by atoms with Gasteiger partial charge in [-0.1, -0.05) is 0 Å². The van der Waals surface area contributed by atoms with Crippen LogP contribution in [-0.4, -0.2) is 43.2 Å². The van der Waals surface area contributed by atoms with E-state index in [-0.39, 0.29) is 17.6 Å². The molecule has 2 aliphatic rings. The van der Waals surface area contributed by atoms with Gasteiger partial charge in [-0.2, -0.15) is 18.4 Å². The Hall–Kier alpha value is -2.43. The van der Waals surface area contributed by atoms with Crippen molar-refractivity contribution in [1.82, 2.24) is 10.2 Å². The second-order valence-electron chi connectivity index (χ2n) is 6.01. The number of urea groups is 1. The first-order valence-electron chi connectivity index (χ1n) is 7.81. The maximum absolute atomic E-state index is 13.1. The van der Waals surface area contributed by atoms with E-state index in [1.165, 1.54) is 6.07 Å². The van der Waals surface area contributed by atoms with Crippen molar-refractivity contribution < 1.29 is 18.0 Å². The number of hydrogen-bond acceptors (Lipinski definition) is 3. The fourth-order valence-corrected chi connectivity index (χ4v) is 3.34. The number of carbonyl (C=O) groups excluding carboxylic acids is 1. The third kappa shape index (κ3) is 3.11. The Labute approximate surface area is 137 Å². The number of alkyl halides is 3. The fourth-order valence-electron chi connectivity index (χ4n) is 3.34. The normalized spacial score (nSPS) is 21.6. The molecule has 1 aromatic rings. The van der Waals surface area contributed by atoms with Crippen LogP contribution < -0.4 is 10.2 Å². The lowest BCUT2D eigenvalue weighted by molar-refractivity contribution is -0.137. The van der Waals surface area contributed by atoms with Crippen molar-refractivity contribution in [3.05, 3.63) is 29.3 Å². The number of halogens is 3. The number of amides is 2. The van der Waals surface area contributed by atoms with Crippen molar-refractivity contribution in [1.29, 1.82) is 5.26 Å². The highest BCUT2D eigenvalue weighted by Gasteiger charge is 2.35. The molecule has 0 radical (unpaired) electrons. The van der Waals surface area contributed by atoms with Crippen molar-refractivity contribution in [3.8, 4) is 6.07 Å². The summed E-state index contributed by atoms with van der Waals surface area (Å²) in [6.45, 7) is 2.36. The molecule has 0 aromatic heterocycles. The second-order valence-corrected chi connectivity index (χ2v) is 6.01. The monoisotopic (exact) mass is 338 g/mol. The zero-order valence-electron chi connectivity index (χ0n) is 12.9. The van der Waals surface area contributed by atoms with E-state index in [4.69, 9.17) is 5.26 Å². The van der Waals surface area contributed by atoms with E-state index in [0.717, 1.165) is 18.9 Å². The van der Waals surface area contributed by atoms with Gasteiger partial charge in [0.25, 0.3) is 0 Å². The van der Waals surface area contributed by atoms with Crippen molar-refractivity contribution in [2.75, 3.05) is 31.1 Å². The molecule has 5 nitrogen and oxygen atoms in total. The number of benzene rings is 1.